The van der Waals surface area contributed by atoms with Crippen LogP contribution in [0.5, 0.6) is 0 Å². The van der Waals surface area contributed by atoms with Gasteiger partial charge in [0.05, 0.1) is 7.11 Å². The highest BCUT2D eigenvalue weighted by Gasteiger charge is 2.23. The van der Waals surface area contributed by atoms with Gasteiger partial charge in [0.2, 0.25) is 0 Å². The molecule has 0 amide bonds. The predicted molar refractivity (Wildman–Crippen MR) is 47.8 cm³/mol. The largest absolute Gasteiger partial charge is 0.469 e. The quantitative estimate of drug-likeness (QED) is 0.608. The van der Waals surface area contributed by atoms with E-state index in [9.17, 15) is 4.79 Å². The molecule has 70 valence electrons. The van der Waals surface area contributed by atoms with Gasteiger partial charge < -0.3 is 4.74 Å². The molecule has 12 heavy (non-hydrogen) atoms. The van der Waals surface area contributed by atoms with Crippen molar-refractivity contribution < 1.29 is 9.53 Å². The molecule has 1 saturated carbocycles. The summed E-state index contributed by atoms with van der Waals surface area (Å²) in [6.07, 6.45) is 5.61. The second-order valence-electron chi connectivity index (χ2n) is 3.78. The van der Waals surface area contributed by atoms with Gasteiger partial charge in [-0.05, 0) is 18.3 Å². The predicted octanol–water partition coefficient (Wildman–Crippen LogP) is 2.38. The van der Waals surface area contributed by atoms with Gasteiger partial charge in [0.15, 0.2) is 0 Å². The van der Waals surface area contributed by atoms with Gasteiger partial charge in [-0.3, -0.25) is 4.79 Å². The van der Waals surface area contributed by atoms with Crippen molar-refractivity contribution in [3.63, 3.8) is 0 Å². The van der Waals surface area contributed by atoms with Gasteiger partial charge in [0.1, 0.15) is 0 Å². The Balaban J connectivity index is 2.18. The van der Waals surface area contributed by atoms with Gasteiger partial charge in [-0.2, -0.15) is 0 Å². The maximum Gasteiger partial charge on any atom is 0.305 e. The van der Waals surface area contributed by atoms with Gasteiger partial charge in [-0.1, -0.05) is 26.2 Å². The minimum absolute atomic E-state index is 0.0610. The maximum absolute atomic E-state index is 10.9. The van der Waals surface area contributed by atoms with Gasteiger partial charge >= 0.3 is 5.97 Å². The van der Waals surface area contributed by atoms with E-state index in [0.29, 0.717) is 6.42 Å². The molecule has 1 aliphatic rings. The zero-order chi connectivity index (χ0) is 8.97. The van der Waals surface area contributed by atoms with E-state index in [2.05, 4.69) is 11.7 Å². The molecular formula is C10H18O2. The van der Waals surface area contributed by atoms with Gasteiger partial charge in [0.25, 0.3) is 0 Å². The summed E-state index contributed by atoms with van der Waals surface area (Å²) in [6.45, 7) is 2.29. The first-order chi connectivity index (χ1) is 5.74. The molecule has 1 rings (SSSR count). The first-order valence-electron chi connectivity index (χ1n) is 4.81. The third-order valence-corrected chi connectivity index (χ3v) is 2.99. The Morgan fingerprint density at radius 3 is 2.75 bits per heavy atom. The molecule has 2 nitrogen and oxygen atoms in total. The summed E-state index contributed by atoms with van der Waals surface area (Å²) in [6, 6.07) is 0. The highest BCUT2D eigenvalue weighted by atomic mass is 16.5. The molecule has 1 fully saturated rings. The molecule has 0 saturated heterocycles. The monoisotopic (exact) mass is 170 g/mol. The van der Waals surface area contributed by atoms with Crippen LogP contribution in [0.4, 0.5) is 0 Å². The number of esters is 1. The van der Waals surface area contributed by atoms with E-state index in [1.54, 1.807) is 0 Å². The molecule has 0 spiro atoms. The van der Waals surface area contributed by atoms with Crippen molar-refractivity contribution in [1.82, 2.24) is 0 Å². The van der Waals surface area contributed by atoms with E-state index in [1.807, 2.05) is 0 Å². The molecule has 2 atom stereocenters. The zero-order valence-electron chi connectivity index (χ0n) is 8.01. The van der Waals surface area contributed by atoms with Crippen molar-refractivity contribution in [1.29, 1.82) is 0 Å². The number of carbonyl (C=O) groups excluding carboxylic acids is 1. The summed E-state index contributed by atoms with van der Waals surface area (Å²) >= 11 is 0. The first kappa shape index (κ1) is 9.56. The molecule has 0 heterocycles. The lowest BCUT2D eigenvalue weighted by molar-refractivity contribution is -0.141. The summed E-state index contributed by atoms with van der Waals surface area (Å²) < 4.78 is 4.61. The van der Waals surface area contributed by atoms with Crippen molar-refractivity contribution in [2.45, 2.75) is 39.0 Å². The second kappa shape index (κ2) is 4.48. The lowest BCUT2D eigenvalue weighted by atomic mass is 9.93. The van der Waals surface area contributed by atoms with Crippen LogP contribution in [0, 0.1) is 11.8 Å². The van der Waals surface area contributed by atoms with E-state index in [0.717, 1.165) is 18.3 Å². The molecule has 0 aliphatic heterocycles. The van der Waals surface area contributed by atoms with Crippen molar-refractivity contribution >= 4 is 5.97 Å². The van der Waals surface area contributed by atoms with Crippen LogP contribution >= 0.6 is 0 Å². The fourth-order valence-electron chi connectivity index (χ4n) is 2.06. The molecule has 0 bridgehead atoms. The summed E-state index contributed by atoms with van der Waals surface area (Å²) in [5.74, 6) is 1.52. The van der Waals surface area contributed by atoms with E-state index in [4.69, 9.17) is 0 Å². The van der Waals surface area contributed by atoms with E-state index >= 15 is 0 Å². The lowest BCUT2D eigenvalue weighted by Gasteiger charge is -2.13. The molecule has 0 radical (unpaired) electrons. The van der Waals surface area contributed by atoms with Gasteiger partial charge in [-0.15, -0.1) is 0 Å². The van der Waals surface area contributed by atoms with Crippen molar-refractivity contribution in [2.24, 2.45) is 11.8 Å². The molecule has 0 N–H and O–H groups in total. The van der Waals surface area contributed by atoms with Crippen LogP contribution in [0.3, 0.4) is 0 Å². The Bertz CT molecular complexity index is 154. The Kier molecular flexibility index (Phi) is 3.57. The number of hydrogen-bond donors (Lipinski definition) is 0. The standard InChI is InChI=1S/C10H18O2/c1-8-4-3-5-9(8)6-7-10(11)12-2/h8-9H,3-7H2,1-2H3/t8-,9+/m1/s1. The second-order valence-corrected chi connectivity index (χ2v) is 3.78. The number of methoxy groups -OCH3 is 1. The molecule has 0 aromatic carbocycles. The first-order valence-corrected chi connectivity index (χ1v) is 4.81. The summed E-state index contributed by atoms with van der Waals surface area (Å²) in [5.41, 5.74) is 0. The van der Waals surface area contributed by atoms with Crippen molar-refractivity contribution in [2.75, 3.05) is 7.11 Å². The Morgan fingerprint density at radius 1 is 1.50 bits per heavy atom. The van der Waals surface area contributed by atoms with Crippen LogP contribution in [-0.2, 0) is 9.53 Å². The van der Waals surface area contributed by atoms with E-state index < -0.39 is 0 Å². The zero-order valence-corrected chi connectivity index (χ0v) is 8.01. The minimum Gasteiger partial charge on any atom is -0.469 e. The Morgan fingerprint density at radius 2 is 2.25 bits per heavy atom. The summed E-state index contributed by atoms with van der Waals surface area (Å²) in [7, 11) is 1.46. The summed E-state index contributed by atoms with van der Waals surface area (Å²) in [5, 5.41) is 0. The number of ether oxygens (including phenoxy) is 1. The molecule has 0 aromatic heterocycles. The fourth-order valence-corrected chi connectivity index (χ4v) is 2.06. The van der Waals surface area contributed by atoms with Crippen LogP contribution in [0.15, 0.2) is 0 Å². The average Bonchev–Trinajstić information content (AvgIpc) is 2.47. The number of rotatable bonds is 3. The molecule has 2 heteroatoms. The topological polar surface area (TPSA) is 26.3 Å². The lowest BCUT2D eigenvalue weighted by Crippen LogP contribution is -2.08. The van der Waals surface area contributed by atoms with Gasteiger partial charge in [-0.25, -0.2) is 0 Å². The van der Waals surface area contributed by atoms with E-state index in [1.165, 1.54) is 26.4 Å². The SMILES string of the molecule is COC(=O)CC[C@@H]1CCC[C@H]1C. The Labute approximate surface area is 74.3 Å². The van der Waals surface area contributed by atoms with E-state index in [-0.39, 0.29) is 5.97 Å². The highest BCUT2D eigenvalue weighted by molar-refractivity contribution is 5.69. The van der Waals surface area contributed by atoms with Crippen LogP contribution in [-0.4, -0.2) is 13.1 Å². The summed E-state index contributed by atoms with van der Waals surface area (Å²) in [4.78, 5) is 10.9. The molecule has 1 aliphatic carbocycles. The normalized spacial score (nSPS) is 28.8. The maximum atomic E-state index is 10.9. The van der Waals surface area contributed by atoms with Crippen LogP contribution in [0.25, 0.3) is 0 Å². The molecular weight excluding hydrogens is 152 g/mol. The minimum atomic E-state index is -0.0610. The van der Waals surface area contributed by atoms with Crippen LogP contribution < -0.4 is 0 Å². The number of hydrogen-bond acceptors (Lipinski definition) is 2. The third-order valence-electron chi connectivity index (χ3n) is 2.99. The van der Waals surface area contributed by atoms with Crippen LogP contribution in [0.2, 0.25) is 0 Å². The molecule has 0 unspecified atom stereocenters. The van der Waals surface area contributed by atoms with Gasteiger partial charge in [0, 0.05) is 6.42 Å². The van der Waals surface area contributed by atoms with Crippen molar-refractivity contribution in [3.8, 4) is 0 Å². The Hall–Kier alpha value is -0.530. The van der Waals surface area contributed by atoms with Crippen molar-refractivity contribution in [3.05, 3.63) is 0 Å². The fraction of sp³-hybridized carbons (Fsp3) is 0.900. The molecule has 0 aromatic rings. The number of carbonyl (C=O) groups is 1. The average molecular weight is 170 g/mol. The third kappa shape index (κ3) is 2.50. The highest BCUT2D eigenvalue weighted by Crippen LogP contribution is 2.34. The smallest absolute Gasteiger partial charge is 0.305 e. The van der Waals surface area contributed by atoms with Crippen LogP contribution in [0.1, 0.15) is 39.0 Å².